The number of nitrogens with one attached hydrogen (secondary N) is 1. The number of guanidine groups is 1. The van der Waals surface area contributed by atoms with E-state index in [4.69, 9.17) is 15.7 Å². The number of nitrogens with zero attached hydrogens (tertiary/aromatic N) is 3. The molecule has 2 rings (SSSR count). The molecular weight excluding hydrogens is 350 g/mol. The zero-order valence-corrected chi connectivity index (χ0v) is 17.0. The van der Waals surface area contributed by atoms with Crippen molar-refractivity contribution < 1.29 is 4.52 Å². The third kappa shape index (κ3) is 7.52. The van der Waals surface area contributed by atoms with Crippen molar-refractivity contribution in [2.24, 2.45) is 5.73 Å². The number of hydrogen-bond donors (Lipinski definition) is 2. The van der Waals surface area contributed by atoms with Crippen LogP contribution in [0.1, 0.15) is 102 Å². The van der Waals surface area contributed by atoms with Crippen molar-refractivity contribution in [2.45, 2.75) is 96.4 Å². The van der Waals surface area contributed by atoms with Crippen molar-refractivity contribution in [1.82, 2.24) is 15.0 Å². The highest BCUT2D eigenvalue weighted by molar-refractivity contribution is 5.85. The Bertz CT molecular complexity index is 508. The minimum absolute atomic E-state index is 0. The normalized spacial score (nSPS) is 16.7. The number of nitrogens with two attached hydrogens (primary N) is 1. The van der Waals surface area contributed by atoms with Gasteiger partial charge in [0, 0.05) is 13.0 Å². The average Bonchev–Trinajstić information content (AvgIpc) is 3.25. The Hall–Kier alpha value is -1.30. The summed E-state index contributed by atoms with van der Waals surface area (Å²) in [7, 11) is 0. The number of aryl methyl sites for hydroxylation is 1. The zero-order valence-electron chi connectivity index (χ0n) is 16.2. The highest BCUT2D eigenvalue weighted by Gasteiger charge is 2.31. The molecule has 6 nitrogen and oxygen atoms in total. The fourth-order valence-electron chi connectivity index (χ4n) is 3.59. The molecule has 1 saturated heterocycles. The van der Waals surface area contributed by atoms with E-state index in [0.717, 1.165) is 38.1 Å². The van der Waals surface area contributed by atoms with Gasteiger partial charge >= 0.3 is 0 Å². The first-order valence-corrected chi connectivity index (χ1v) is 10.2. The third-order valence-corrected chi connectivity index (χ3v) is 5.09. The predicted molar refractivity (Wildman–Crippen MR) is 108 cm³/mol. The molecule has 3 N–H and O–H groups in total. The Kier molecular flexibility index (Phi) is 11.3. The van der Waals surface area contributed by atoms with Crippen molar-refractivity contribution in [3.63, 3.8) is 0 Å². The van der Waals surface area contributed by atoms with Crippen LogP contribution < -0.4 is 5.73 Å². The molecule has 0 aliphatic carbocycles. The minimum atomic E-state index is -0.00791. The van der Waals surface area contributed by atoms with Crippen LogP contribution in [0.15, 0.2) is 4.52 Å². The SMILES string of the molecule is CCCCCCCCCCCCc1noc([C@@H]2CCCN2C(=N)N)n1.Cl. The van der Waals surface area contributed by atoms with E-state index in [1.165, 1.54) is 57.8 Å². The molecule has 0 unspecified atom stereocenters. The summed E-state index contributed by atoms with van der Waals surface area (Å²) >= 11 is 0. The molecule has 26 heavy (non-hydrogen) atoms. The molecule has 1 aliphatic rings. The molecule has 0 bridgehead atoms. The maximum Gasteiger partial charge on any atom is 0.249 e. The summed E-state index contributed by atoms with van der Waals surface area (Å²) in [6, 6.07) is -0.00791. The molecule has 1 aromatic rings. The van der Waals surface area contributed by atoms with Gasteiger partial charge in [-0.2, -0.15) is 4.98 Å². The summed E-state index contributed by atoms with van der Waals surface area (Å²) in [6.45, 7) is 3.07. The summed E-state index contributed by atoms with van der Waals surface area (Å²) < 4.78 is 5.42. The van der Waals surface area contributed by atoms with Crippen LogP contribution in [0.3, 0.4) is 0 Å². The van der Waals surface area contributed by atoms with Crippen LogP contribution in [0.5, 0.6) is 0 Å². The Morgan fingerprint density at radius 2 is 1.73 bits per heavy atom. The number of likely N-dealkylation sites (tertiary alicyclic amines) is 1. The lowest BCUT2D eigenvalue weighted by molar-refractivity contribution is 0.282. The molecule has 1 fully saturated rings. The Balaban J connectivity index is 0.00000338. The van der Waals surface area contributed by atoms with Crippen LogP contribution in [-0.2, 0) is 6.42 Å². The molecule has 0 spiro atoms. The fourth-order valence-corrected chi connectivity index (χ4v) is 3.59. The fraction of sp³-hybridized carbons (Fsp3) is 0.842. The number of halogens is 1. The van der Waals surface area contributed by atoms with Gasteiger partial charge in [0.15, 0.2) is 11.8 Å². The van der Waals surface area contributed by atoms with Crippen molar-refractivity contribution >= 4 is 18.4 Å². The van der Waals surface area contributed by atoms with Gasteiger partial charge in [0.05, 0.1) is 0 Å². The van der Waals surface area contributed by atoms with Crippen LogP contribution in [0.2, 0.25) is 0 Å². The van der Waals surface area contributed by atoms with E-state index in [-0.39, 0.29) is 24.4 Å². The van der Waals surface area contributed by atoms with E-state index < -0.39 is 0 Å². The van der Waals surface area contributed by atoms with E-state index in [2.05, 4.69) is 17.1 Å². The van der Waals surface area contributed by atoms with Crippen LogP contribution in [0.25, 0.3) is 0 Å². The Morgan fingerprint density at radius 1 is 1.12 bits per heavy atom. The van der Waals surface area contributed by atoms with Gasteiger partial charge in [-0.1, -0.05) is 69.9 Å². The number of aromatic nitrogens is 2. The van der Waals surface area contributed by atoms with E-state index >= 15 is 0 Å². The van der Waals surface area contributed by atoms with Crippen LogP contribution in [0, 0.1) is 5.41 Å². The maximum atomic E-state index is 7.63. The second-order valence-electron chi connectivity index (χ2n) is 7.22. The highest BCUT2D eigenvalue weighted by atomic mass is 35.5. The Labute approximate surface area is 164 Å². The van der Waals surface area contributed by atoms with E-state index in [1.807, 2.05) is 4.90 Å². The molecule has 150 valence electrons. The number of unbranched alkanes of at least 4 members (excludes halogenated alkanes) is 9. The van der Waals surface area contributed by atoms with Crippen molar-refractivity contribution in [1.29, 1.82) is 5.41 Å². The molecule has 0 radical (unpaired) electrons. The van der Waals surface area contributed by atoms with E-state index in [1.54, 1.807) is 0 Å². The summed E-state index contributed by atoms with van der Waals surface area (Å²) in [5.41, 5.74) is 5.62. The van der Waals surface area contributed by atoms with Crippen LogP contribution >= 0.6 is 12.4 Å². The smallest absolute Gasteiger partial charge is 0.249 e. The second kappa shape index (κ2) is 13.0. The molecule has 1 aromatic heterocycles. The van der Waals surface area contributed by atoms with Crippen molar-refractivity contribution in [3.05, 3.63) is 11.7 Å². The quantitative estimate of drug-likeness (QED) is 0.300. The number of rotatable bonds is 12. The molecular formula is C19H36ClN5O. The van der Waals surface area contributed by atoms with Gasteiger partial charge in [-0.15, -0.1) is 12.4 Å². The minimum Gasteiger partial charge on any atom is -0.370 e. The summed E-state index contributed by atoms with van der Waals surface area (Å²) in [5, 5.41) is 11.7. The lowest BCUT2D eigenvalue weighted by Crippen LogP contribution is -2.35. The first-order chi connectivity index (χ1) is 12.2. The molecule has 7 heteroatoms. The predicted octanol–water partition coefficient (Wildman–Crippen LogP) is 4.99. The second-order valence-corrected chi connectivity index (χ2v) is 7.22. The van der Waals surface area contributed by atoms with Crippen molar-refractivity contribution in [2.75, 3.05) is 6.54 Å². The molecule has 1 aliphatic heterocycles. The van der Waals surface area contributed by atoms with Gasteiger partial charge in [0.25, 0.3) is 0 Å². The zero-order chi connectivity index (χ0) is 17.9. The van der Waals surface area contributed by atoms with Gasteiger partial charge in [-0.3, -0.25) is 5.41 Å². The summed E-state index contributed by atoms with van der Waals surface area (Å²) in [5.74, 6) is 1.51. The van der Waals surface area contributed by atoms with Gasteiger partial charge in [-0.25, -0.2) is 0 Å². The lowest BCUT2D eigenvalue weighted by Gasteiger charge is -2.21. The third-order valence-electron chi connectivity index (χ3n) is 5.09. The van der Waals surface area contributed by atoms with Gasteiger partial charge in [-0.05, 0) is 19.3 Å². The topological polar surface area (TPSA) is 92.0 Å². The van der Waals surface area contributed by atoms with Gasteiger partial charge < -0.3 is 15.2 Å². The van der Waals surface area contributed by atoms with Crippen molar-refractivity contribution in [3.8, 4) is 0 Å². The maximum absolute atomic E-state index is 7.63. The standard InChI is InChI=1S/C19H35N5O.ClH/c1-2-3-4-5-6-7-8-9-10-11-14-17-22-18(25-23-17)16-13-12-15-24(16)19(20)21;/h16H,2-15H2,1H3,(H3,20,21);1H/t16-;/m0./s1. The van der Waals surface area contributed by atoms with Crippen LogP contribution in [-0.4, -0.2) is 27.5 Å². The summed E-state index contributed by atoms with van der Waals surface area (Å²) in [6.07, 6.45) is 16.1. The highest BCUT2D eigenvalue weighted by Crippen LogP contribution is 2.30. The monoisotopic (exact) mass is 385 g/mol. The lowest BCUT2D eigenvalue weighted by atomic mass is 10.1. The van der Waals surface area contributed by atoms with Crippen LogP contribution in [0.4, 0.5) is 0 Å². The first-order valence-electron chi connectivity index (χ1n) is 10.2. The van der Waals surface area contributed by atoms with Gasteiger partial charge in [0.1, 0.15) is 6.04 Å². The van der Waals surface area contributed by atoms with E-state index in [9.17, 15) is 0 Å². The number of hydrogen-bond acceptors (Lipinski definition) is 4. The van der Waals surface area contributed by atoms with E-state index in [0.29, 0.717) is 5.89 Å². The molecule has 0 saturated carbocycles. The molecule has 1 atom stereocenters. The molecule has 0 amide bonds. The Morgan fingerprint density at radius 3 is 2.35 bits per heavy atom. The van der Waals surface area contributed by atoms with Gasteiger partial charge in [0.2, 0.25) is 5.89 Å². The summed E-state index contributed by atoms with van der Waals surface area (Å²) in [4.78, 5) is 6.37. The average molecular weight is 386 g/mol. The molecule has 2 heterocycles. The molecule has 0 aromatic carbocycles. The largest absolute Gasteiger partial charge is 0.370 e. The first kappa shape index (κ1) is 22.7.